The van der Waals surface area contributed by atoms with Gasteiger partial charge in [-0.3, -0.25) is 0 Å². The summed E-state index contributed by atoms with van der Waals surface area (Å²) in [5.41, 5.74) is 1.72. The lowest BCUT2D eigenvalue weighted by molar-refractivity contribution is 0.506. The van der Waals surface area contributed by atoms with E-state index in [2.05, 4.69) is 24.1 Å². The fourth-order valence-electron chi connectivity index (χ4n) is 1.78. The highest BCUT2D eigenvalue weighted by Gasteiger charge is 2.06. The number of benzene rings is 1. The average Bonchev–Trinajstić information content (AvgIpc) is 2.79. The van der Waals surface area contributed by atoms with Crippen molar-refractivity contribution in [2.24, 2.45) is 0 Å². The Morgan fingerprint density at radius 1 is 1.26 bits per heavy atom. The highest BCUT2D eigenvalue weighted by Crippen LogP contribution is 2.11. The van der Waals surface area contributed by atoms with Gasteiger partial charge in [-0.2, -0.15) is 0 Å². The first-order chi connectivity index (χ1) is 9.06. The maximum atomic E-state index is 13.2. The largest absolute Gasteiger partial charge is 0.329 e. The lowest BCUT2D eigenvalue weighted by Gasteiger charge is -2.11. The topological polar surface area (TPSA) is 29.9 Å². The molecule has 0 amide bonds. The SMILES string of the molecule is CC(C)NCc1cncn1Cc1ccc(F)c(F)c1. The molecule has 0 saturated carbocycles. The number of hydrogen-bond donors (Lipinski definition) is 1. The molecule has 0 saturated heterocycles. The summed E-state index contributed by atoms with van der Waals surface area (Å²) in [6.07, 6.45) is 3.47. The normalized spacial score (nSPS) is 11.2. The molecule has 0 bridgehead atoms. The number of halogens is 2. The van der Waals surface area contributed by atoms with E-state index in [9.17, 15) is 8.78 Å². The van der Waals surface area contributed by atoms with Crippen LogP contribution in [0.3, 0.4) is 0 Å². The van der Waals surface area contributed by atoms with Crippen molar-refractivity contribution >= 4 is 0 Å². The van der Waals surface area contributed by atoms with Crippen LogP contribution >= 0.6 is 0 Å². The molecule has 2 rings (SSSR count). The maximum absolute atomic E-state index is 13.2. The predicted octanol–water partition coefficient (Wildman–Crippen LogP) is 2.71. The van der Waals surface area contributed by atoms with Gasteiger partial charge in [-0.15, -0.1) is 0 Å². The van der Waals surface area contributed by atoms with E-state index in [1.165, 1.54) is 6.07 Å². The molecule has 0 fully saturated rings. The van der Waals surface area contributed by atoms with Crippen LogP contribution in [0.15, 0.2) is 30.7 Å². The fourth-order valence-corrected chi connectivity index (χ4v) is 1.78. The molecule has 102 valence electrons. The zero-order chi connectivity index (χ0) is 13.8. The lowest BCUT2D eigenvalue weighted by Crippen LogP contribution is -2.23. The third-order valence-electron chi connectivity index (χ3n) is 2.83. The van der Waals surface area contributed by atoms with Crippen molar-refractivity contribution in [3.63, 3.8) is 0 Å². The fraction of sp³-hybridized carbons (Fsp3) is 0.357. The van der Waals surface area contributed by atoms with E-state index in [0.717, 1.165) is 11.8 Å². The number of aromatic nitrogens is 2. The Hall–Kier alpha value is -1.75. The third-order valence-corrected chi connectivity index (χ3v) is 2.83. The molecular weight excluding hydrogens is 248 g/mol. The molecule has 1 N–H and O–H groups in total. The smallest absolute Gasteiger partial charge is 0.159 e. The van der Waals surface area contributed by atoms with Gasteiger partial charge in [-0.1, -0.05) is 19.9 Å². The van der Waals surface area contributed by atoms with Gasteiger partial charge in [-0.25, -0.2) is 13.8 Å². The van der Waals surface area contributed by atoms with E-state index in [0.29, 0.717) is 24.7 Å². The molecule has 0 aliphatic rings. The van der Waals surface area contributed by atoms with E-state index in [1.54, 1.807) is 18.6 Å². The van der Waals surface area contributed by atoms with Crippen molar-refractivity contribution in [3.8, 4) is 0 Å². The van der Waals surface area contributed by atoms with Gasteiger partial charge in [0.1, 0.15) is 0 Å². The maximum Gasteiger partial charge on any atom is 0.159 e. The van der Waals surface area contributed by atoms with Gasteiger partial charge >= 0.3 is 0 Å². The highest BCUT2D eigenvalue weighted by molar-refractivity contribution is 5.19. The molecular formula is C14H17F2N3. The minimum Gasteiger partial charge on any atom is -0.329 e. The lowest BCUT2D eigenvalue weighted by atomic mass is 10.2. The van der Waals surface area contributed by atoms with E-state index >= 15 is 0 Å². The highest BCUT2D eigenvalue weighted by atomic mass is 19.2. The number of imidazole rings is 1. The summed E-state index contributed by atoms with van der Waals surface area (Å²) in [4.78, 5) is 4.09. The molecule has 5 heteroatoms. The molecule has 1 heterocycles. The molecule has 3 nitrogen and oxygen atoms in total. The van der Waals surface area contributed by atoms with Gasteiger partial charge in [0.25, 0.3) is 0 Å². The van der Waals surface area contributed by atoms with Crippen LogP contribution < -0.4 is 5.32 Å². The van der Waals surface area contributed by atoms with E-state index in [1.807, 2.05) is 4.57 Å². The molecule has 0 radical (unpaired) electrons. The molecule has 0 unspecified atom stereocenters. The van der Waals surface area contributed by atoms with Crippen molar-refractivity contribution in [3.05, 3.63) is 53.6 Å². The van der Waals surface area contributed by atoms with E-state index in [-0.39, 0.29) is 0 Å². The first kappa shape index (κ1) is 13.7. The van der Waals surface area contributed by atoms with Gasteiger partial charge in [0.05, 0.1) is 12.0 Å². The minimum absolute atomic E-state index is 0.381. The second kappa shape index (κ2) is 5.93. The standard InChI is InChI=1S/C14H17F2N3/c1-10(2)18-7-12-6-17-9-19(12)8-11-3-4-13(15)14(16)5-11/h3-6,9-10,18H,7-8H2,1-2H3. The van der Waals surface area contributed by atoms with Crippen molar-refractivity contribution in [1.29, 1.82) is 0 Å². The summed E-state index contributed by atoms with van der Waals surface area (Å²) in [7, 11) is 0. The monoisotopic (exact) mass is 265 g/mol. The van der Waals surface area contributed by atoms with Gasteiger partial charge in [0.15, 0.2) is 11.6 Å². The number of rotatable bonds is 5. The van der Waals surface area contributed by atoms with Crippen LogP contribution in [0.25, 0.3) is 0 Å². The second-order valence-electron chi connectivity index (χ2n) is 4.80. The molecule has 1 aromatic heterocycles. The summed E-state index contributed by atoms with van der Waals surface area (Å²) >= 11 is 0. The molecule has 19 heavy (non-hydrogen) atoms. The van der Waals surface area contributed by atoms with Crippen LogP contribution in [0, 0.1) is 11.6 Å². The Bertz CT molecular complexity index is 549. The Morgan fingerprint density at radius 2 is 2.05 bits per heavy atom. The Labute approximate surface area is 111 Å². The van der Waals surface area contributed by atoms with Crippen molar-refractivity contribution < 1.29 is 8.78 Å². The number of nitrogens with one attached hydrogen (secondary N) is 1. The first-order valence-electron chi connectivity index (χ1n) is 6.22. The van der Waals surface area contributed by atoms with Gasteiger partial charge < -0.3 is 9.88 Å². The number of hydrogen-bond acceptors (Lipinski definition) is 2. The van der Waals surface area contributed by atoms with Crippen molar-refractivity contribution in [2.45, 2.75) is 33.0 Å². The number of nitrogens with zero attached hydrogens (tertiary/aromatic N) is 2. The second-order valence-corrected chi connectivity index (χ2v) is 4.80. The van der Waals surface area contributed by atoms with Crippen LogP contribution in [0.1, 0.15) is 25.1 Å². The minimum atomic E-state index is -0.823. The zero-order valence-corrected chi connectivity index (χ0v) is 11.0. The average molecular weight is 265 g/mol. The van der Waals surface area contributed by atoms with E-state index in [4.69, 9.17) is 0 Å². The van der Waals surface area contributed by atoms with Crippen LogP contribution in [-0.2, 0) is 13.1 Å². The van der Waals surface area contributed by atoms with Gasteiger partial charge in [0, 0.05) is 25.3 Å². The Kier molecular flexibility index (Phi) is 4.27. The molecule has 0 aliphatic carbocycles. The Morgan fingerprint density at radius 3 is 2.74 bits per heavy atom. The summed E-state index contributed by atoms with van der Waals surface area (Å²) in [5, 5.41) is 3.30. The van der Waals surface area contributed by atoms with Crippen molar-refractivity contribution in [2.75, 3.05) is 0 Å². The third kappa shape index (κ3) is 3.61. The van der Waals surface area contributed by atoms with E-state index < -0.39 is 11.6 Å². The predicted molar refractivity (Wildman–Crippen MR) is 69.7 cm³/mol. The summed E-state index contributed by atoms with van der Waals surface area (Å²) in [6, 6.07) is 4.33. The van der Waals surface area contributed by atoms with Crippen LogP contribution in [0.5, 0.6) is 0 Å². The first-order valence-corrected chi connectivity index (χ1v) is 6.22. The molecule has 1 aromatic carbocycles. The molecule has 0 aliphatic heterocycles. The van der Waals surface area contributed by atoms with Crippen LogP contribution in [-0.4, -0.2) is 15.6 Å². The summed E-state index contributed by atoms with van der Waals surface area (Å²) < 4.78 is 27.9. The molecule has 0 spiro atoms. The van der Waals surface area contributed by atoms with Gasteiger partial charge in [-0.05, 0) is 17.7 Å². The zero-order valence-electron chi connectivity index (χ0n) is 11.0. The molecule has 0 atom stereocenters. The Balaban J connectivity index is 2.10. The summed E-state index contributed by atoms with van der Waals surface area (Å²) in [6.45, 7) is 5.31. The molecule has 2 aromatic rings. The van der Waals surface area contributed by atoms with Crippen LogP contribution in [0.2, 0.25) is 0 Å². The van der Waals surface area contributed by atoms with Crippen molar-refractivity contribution in [1.82, 2.24) is 14.9 Å². The quantitative estimate of drug-likeness (QED) is 0.900. The van der Waals surface area contributed by atoms with Crippen LogP contribution in [0.4, 0.5) is 8.78 Å². The van der Waals surface area contributed by atoms with Gasteiger partial charge in [0.2, 0.25) is 0 Å². The summed E-state index contributed by atoms with van der Waals surface area (Å²) in [5.74, 6) is -1.64.